The van der Waals surface area contributed by atoms with Gasteiger partial charge in [-0.15, -0.1) is 6.58 Å². The fraction of sp³-hybridized carbons (Fsp3) is 0.846. The number of hydrogen-bond acceptors (Lipinski definition) is 2. The third kappa shape index (κ3) is 4.71. The van der Waals surface area contributed by atoms with Crippen LogP contribution < -0.4 is 0 Å². The minimum absolute atomic E-state index is 0.456. The van der Waals surface area contributed by atoms with Gasteiger partial charge in [0.25, 0.3) is 0 Å². The molecule has 0 aromatic heterocycles. The van der Waals surface area contributed by atoms with Crippen molar-refractivity contribution < 1.29 is 83.1 Å². The Morgan fingerprint density at radius 2 is 0.848 bits per heavy atom. The lowest BCUT2D eigenvalue weighted by Gasteiger charge is -2.42. The van der Waals surface area contributed by atoms with Crippen molar-refractivity contribution in [2.45, 2.75) is 54.1 Å². The van der Waals surface area contributed by atoms with Crippen molar-refractivity contribution in [2.75, 3.05) is 11.5 Å². The molecule has 0 N–H and O–H groups in total. The minimum Gasteiger partial charge on any atom is -0.229 e. The van der Waals surface area contributed by atoms with Crippen LogP contribution in [0.1, 0.15) is 6.42 Å². The van der Waals surface area contributed by atoms with Gasteiger partial charge in [-0.25, -0.2) is 8.42 Å². The molecule has 0 rings (SSSR count). The van der Waals surface area contributed by atoms with Crippen molar-refractivity contribution in [2.24, 2.45) is 0 Å². The molecule has 0 aliphatic heterocycles. The van der Waals surface area contributed by atoms with Crippen LogP contribution in [0, 0.1) is 0 Å². The first-order chi connectivity index (χ1) is 14.0. The Morgan fingerprint density at radius 3 is 1.15 bits per heavy atom. The lowest BCUT2D eigenvalue weighted by atomic mass is 9.88. The lowest BCUT2D eigenvalue weighted by molar-refractivity contribution is -0.461. The molecule has 20 heteroatoms. The van der Waals surface area contributed by atoms with Crippen LogP contribution in [-0.2, 0) is 9.84 Å². The van der Waals surface area contributed by atoms with Gasteiger partial charge < -0.3 is 0 Å². The van der Waals surface area contributed by atoms with E-state index < -0.39 is 75.4 Å². The van der Waals surface area contributed by atoms with Crippen molar-refractivity contribution in [3.63, 3.8) is 0 Å². The highest BCUT2D eigenvalue weighted by atomic mass is 32.2. The van der Waals surface area contributed by atoms with Crippen LogP contribution in [0.4, 0.5) is 74.6 Å². The third-order valence-corrected chi connectivity index (χ3v) is 5.46. The maximum Gasteiger partial charge on any atom is 0.460 e. The molecule has 0 saturated carbocycles. The molecule has 0 aliphatic rings. The summed E-state index contributed by atoms with van der Waals surface area (Å²) in [6.07, 6.45) is -10.4. The smallest absolute Gasteiger partial charge is 0.229 e. The highest BCUT2D eigenvalue weighted by molar-refractivity contribution is 7.91. The second-order valence-electron chi connectivity index (χ2n) is 6.30. The molecule has 33 heavy (non-hydrogen) atoms. The predicted octanol–water partition coefficient (Wildman–Crippen LogP) is 5.99. The second-order valence-corrected chi connectivity index (χ2v) is 8.53. The summed E-state index contributed by atoms with van der Waals surface area (Å²) in [6, 6.07) is 0. The fourth-order valence-electron chi connectivity index (χ4n) is 1.90. The van der Waals surface area contributed by atoms with E-state index in [9.17, 15) is 83.1 Å². The first kappa shape index (κ1) is 31.5. The van der Waals surface area contributed by atoms with E-state index in [1.165, 1.54) is 0 Å². The first-order valence-corrected chi connectivity index (χ1v) is 9.36. The van der Waals surface area contributed by atoms with Crippen LogP contribution in [-0.4, -0.2) is 67.6 Å². The summed E-state index contributed by atoms with van der Waals surface area (Å²) in [5.41, 5.74) is 0. The standard InChI is InChI=1S/C13H9F17O2S/c1-2-4-33(31,32)5-3-6(14,15)7(16,17)8(18,19)9(20,21)10(22,23)11(24,25)12(26,27)13(28,29)30/h2H,1,3-5H2. The molecule has 0 fully saturated rings. The maximum absolute atomic E-state index is 13.5. The molecular formula is C13H9F17O2S. The van der Waals surface area contributed by atoms with E-state index in [0.29, 0.717) is 6.08 Å². The highest BCUT2D eigenvalue weighted by Gasteiger charge is 2.95. The van der Waals surface area contributed by atoms with Crippen molar-refractivity contribution in [3.05, 3.63) is 12.7 Å². The van der Waals surface area contributed by atoms with E-state index in [4.69, 9.17) is 0 Å². The van der Waals surface area contributed by atoms with Crippen molar-refractivity contribution in [1.29, 1.82) is 0 Å². The van der Waals surface area contributed by atoms with Crippen molar-refractivity contribution >= 4 is 9.84 Å². The topological polar surface area (TPSA) is 34.1 Å². The maximum atomic E-state index is 13.5. The van der Waals surface area contributed by atoms with Crippen molar-refractivity contribution in [1.82, 2.24) is 0 Å². The number of alkyl halides is 17. The largest absolute Gasteiger partial charge is 0.460 e. The van der Waals surface area contributed by atoms with Crippen LogP contribution in [0.5, 0.6) is 0 Å². The normalized spacial score (nSPS) is 16.2. The molecule has 0 spiro atoms. The molecule has 0 heterocycles. The van der Waals surface area contributed by atoms with E-state index in [1.807, 2.05) is 0 Å². The van der Waals surface area contributed by atoms with Crippen molar-refractivity contribution in [3.8, 4) is 0 Å². The van der Waals surface area contributed by atoms with E-state index in [-0.39, 0.29) is 0 Å². The Balaban J connectivity index is 6.56. The Kier molecular flexibility index (Phi) is 7.94. The highest BCUT2D eigenvalue weighted by Crippen LogP contribution is 2.64. The molecule has 2 nitrogen and oxygen atoms in total. The lowest BCUT2D eigenvalue weighted by Crippen LogP contribution is -2.74. The molecule has 0 aromatic carbocycles. The monoisotopic (exact) mass is 552 g/mol. The van der Waals surface area contributed by atoms with Gasteiger partial charge in [-0.05, 0) is 0 Å². The Morgan fingerprint density at radius 1 is 0.545 bits per heavy atom. The van der Waals surface area contributed by atoms with Gasteiger partial charge in [0.2, 0.25) is 0 Å². The molecule has 0 saturated heterocycles. The quantitative estimate of drug-likeness (QED) is 0.233. The van der Waals surface area contributed by atoms with Gasteiger partial charge in [0.15, 0.2) is 9.84 Å². The molecule has 0 amide bonds. The van der Waals surface area contributed by atoms with E-state index in [2.05, 4.69) is 6.58 Å². The molecular weight excluding hydrogens is 543 g/mol. The van der Waals surface area contributed by atoms with Gasteiger partial charge in [0, 0.05) is 6.42 Å². The Hall–Kier alpha value is -1.50. The summed E-state index contributed by atoms with van der Waals surface area (Å²) in [5, 5.41) is 0. The molecule has 198 valence electrons. The summed E-state index contributed by atoms with van der Waals surface area (Å²) in [6.45, 7) is 2.77. The molecule has 0 radical (unpaired) electrons. The zero-order valence-electron chi connectivity index (χ0n) is 15.1. The Labute approximate surface area is 172 Å². The molecule has 0 atom stereocenters. The Bertz CT molecular complexity index is 824. The minimum atomic E-state index is -8.71. The van der Waals surface area contributed by atoms with E-state index in [1.54, 1.807) is 0 Å². The SMILES string of the molecule is C=CCS(=O)(=O)CCC(F)(F)C(F)(F)C(F)(F)C(F)(F)C(F)(F)C(F)(F)C(F)(F)C(F)(F)F. The van der Waals surface area contributed by atoms with Gasteiger partial charge in [-0.1, -0.05) is 6.08 Å². The zero-order valence-corrected chi connectivity index (χ0v) is 15.9. The van der Waals surface area contributed by atoms with E-state index in [0.717, 1.165) is 0 Å². The van der Waals surface area contributed by atoms with E-state index >= 15 is 0 Å². The number of halogens is 17. The summed E-state index contributed by atoms with van der Waals surface area (Å²) >= 11 is 0. The molecule has 0 bridgehead atoms. The fourth-order valence-corrected chi connectivity index (χ4v) is 2.99. The predicted molar refractivity (Wildman–Crippen MR) is 74.2 cm³/mol. The summed E-state index contributed by atoms with van der Waals surface area (Å²) in [7, 11) is -4.85. The van der Waals surface area contributed by atoms with Gasteiger partial charge in [0.1, 0.15) is 0 Å². The van der Waals surface area contributed by atoms with Crippen LogP contribution in [0.2, 0.25) is 0 Å². The van der Waals surface area contributed by atoms with Crippen LogP contribution >= 0.6 is 0 Å². The van der Waals surface area contributed by atoms with Crippen LogP contribution in [0.3, 0.4) is 0 Å². The zero-order chi connectivity index (χ0) is 27.3. The average Bonchev–Trinajstić information content (AvgIpc) is 2.58. The van der Waals surface area contributed by atoms with Crippen LogP contribution in [0.25, 0.3) is 0 Å². The van der Waals surface area contributed by atoms with Gasteiger partial charge in [0.05, 0.1) is 11.5 Å². The number of sulfone groups is 1. The summed E-state index contributed by atoms with van der Waals surface area (Å²) in [5.74, 6) is -60.7. The van der Waals surface area contributed by atoms with Gasteiger partial charge >= 0.3 is 47.6 Å². The number of rotatable bonds is 11. The third-order valence-electron chi connectivity index (χ3n) is 3.89. The summed E-state index contributed by atoms with van der Waals surface area (Å²) in [4.78, 5) is 0. The van der Waals surface area contributed by atoms with Gasteiger partial charge in [-0.2, -0.15) is 74.6 Å². The second kappa shape index (κ2) is 8.31. The van der Waals surface area contributed by atoms with Crippen LogP contribution in [0.15, 0.2) is 12.7 Å². The number of hydrogen-bond donors (Lipinski definition) is 0. The summed E-state index contributed by atoms with van der Waals surface area (Å²) < 4.78 is 244. The molecule has 0 unspecified atom stereocenters. The molecule has 0 aliphatic carbocycles. The molecule has 0 aromatic rings. The first-order valence-electron chi connectivity index (χ1n) is 7.54. The van der Waals surface area contributed by atoms with Gasteiger partial charge in [-0.3, -0.25) is 0 Å². The average molecular weight is 552 g/mol.